The largest absolute Gasteiger partial charge is 0.474 e. The predicted molar refractivity (Wildman–Crippen MR) is 117 cm³/mol. The van der Waals surface area contributed by atoms with Crippen molar-refractivity contribution in [1.29, 1.82) is 0 Å². The highest BCUT2D eigenvalue weighted by Crippen LogP contribution is 2.40. The Morgan fingerprint density at radius 1 is 1.17 bits per heavy atom. The molecule has 7 heteroatoms. The molecule has 2 aliphatic rings. The maximum Gasteiger partial charge on any atom is 0.231 e. The van der Waals surface area contributed by atoms with Gasteiger partial charge >= 0.3 is 0 Å². The molecule has 0 bridgehead atoms. The number of nitrogens with zero attached hydrogens (tertiary/aromatic N) is 1. The summed E-state index contributed by atoms with van der Waals surface area (Å²) in [5.41, 5.74) is 1.03. The fraction of sp³-hybridized carbons (Fsp3) is 0.478. The molecule has 0 unspecified atom stereocenters. The summed E-state index contributed by atoms with van der Waals surface area (Å²) in [7, 11) is 0. The van der Waals surface area contributed by atoms with Crippen LogP contribution in [-0.2, 0) is 21.5 Å². The Morgan fingerprint density at radius 3 is 2.67 bits per heavy atom. The quantitative estimate of drug-likeness (QED) is 0.669. The summed E-state index contributed by atoms with van der Waals surface area (Å²) in [4.78, 5) is 17.7. The van der Waals surface area contributed by atoms with Crippen LogP contribution in [0.5, 0.6) is 5.88 Å². The first kappa shape index (κ1) is 21.4. The SMILES string of the molecule is O=C(NCc1ccnc(OC2CCCC2)c1)C1(c2ccc(Cl)cc2Cl)CCOCC1. The molecule has 0 radical (unpaired) electrons. The number of rotatable bonds is 6. The van der Waals surface area contributed by atoms with E-state index < -0.39 is 5.41 Å². The number of hydrogen-bond donors (Lipinski definition) is 1. The van der Waals surface area contributed by atoms with Gasteiger partial charge in [-0.15, -0.1) is 0 Å². The summed E-state index contributed by atoms with van der Waals surface area (Å²) in [5, 5.41) is 4.16. The van der Waals surface area contributed by atoms with E-state index in [1.54, 1.807) is 18.3 Å². The van der Waals surface area contributed by atoms with Crippen molar-refractivity contribution < 1.29 is 14.3 Å². The van der Waals surface area contributed by atoms with Crippen LogP contribution in [0.3, 0.4) is 0 Å². The Balaban J connectivity index is 1.48. The van der Waals surface area contributed by atoms with Gasteiger partial charge in [0.2, 0.25) is 11.8 Å². The third kappa shape index (κ3) is 4.74. The van der Waals surface area contributed by atoms with Gasteiger partial charge < -0.3 is 14.8 Å². The Hall–Kier alpha value is -1.82. The topological polar surface area (TPSA) is 60.5 Å². The van der Waals surface area contributed by atoms with E-state index in [2.05, 4.69) is 10.3 Å². The molecule has 2 aromatic rings. The van der Waals surface area contributed by atoms with E-state index in [1.165, 1.54) is 12.8 Å². The van der Waals surface area contributed by atoms with Crippen LogP contribution < -0.4 is 10.1 Å². The van der Waals surface area contributed by atoms with Crippen molar-refractivity contribution in [2.45, 2.75) is 56.6 Å². The summed E-state index contributed by atoms with van der Waals surface area (Å²) in [6, 6.07) is 9.13. The first-order valence-corrected chi connectivity index (χ1v) is 11.3. The summed E-state index contributed by atoms with van der Waals surface area (Å²) in [6.45, 7) is 1.43. The minimum absolute atomic E-state index is 0.0508. The molecular formula is C23H26Cl2N2O3. The lowest BCUT2D eigenvalue weighted by atomic mass is 9.73. The zero-order valence-corrected chi connectivity index (χ0v) is 18.3. The third-order valence-corrected chi connectivity index (χ3v) is 6.62. The van der Waals surface area contributed by atoms with Crippen molar-refractivity contribution in [2.24, 2.45) is 0 Å². The first-order valence-electron chi connectivity index (χ1n) is 10.5. The maximum absolute atomic E-state index is 13.4. The molecule has 30 heavy (non-hydrogen) atoms. The number of carbonyl (C=O) groups excluding carboxylic acids is 1. The van der Waals surface area contributed by atoms with E-state index >= 15 is 0 Å². The van der Waals surface area contributed by atoms with Crippen LogP contribution in [-0.4, -0.2) is 30.2 Å². The number of ether oxygens (including phenoxy) is 2. The van der Waals surface area contributed by atoms with Gasteiger partial charge in [0.05, 0.1) is 5.41 Å². The van der Waals surface area contributed by atoms with Crippen LogP contribution in [0.2, 0.25) is 10.0 Å². The Morgan fingerprint density at radius 2 is 1.93 bits per heavy atom. The van der Waals surface area contributed by atoms with Crippen molar-refractivity contribution >= 4 is 29.1 Å². The molecule has 1 aromatic carbocycles. The zero-order chi connectivity index (χ0) is 21.0. The highest BCUT2D eigenvalue weighted by atomic mass is 35.5. The maximum atomic E-state index is 13.4. The van der Waals surface area contributed by atoms with Crippen molar-refractivity contribution in [1.82, 2.24) is 10.3 Å². The van der Waals surface area contributed by atoms with Gasteiger partial charge in [0.15, 0.2) is 0 Å². The number of nitrogens with one attached hydrogen (secondary N) is 1. The molecular weight excluding hydrogens is 423 g/mol. The molecule has 2 heterocycles. The molecule has 1 N–H and O–H groups in total. The smallest absolute Gasteiger partial charge is 0.231 e. The summed E-state index contributed by atoms with van der Waals surface area (Å²) in [6.07, 6.45) is 7.70. The molecule has 0 spiro atoms. The molecule has 4 rings (SSSR count). The second kappa shape index (κ2) is 9.54. The molecule has 1 aromatic heterocycles. The molecule has 1 amide bonds. The number of hydrogen-bond acceptors (Lipinski definition) is 4. The Labute approximate surface area is 187 Å². The number of amides is 1. The van der Waals surface area contributed by atoms with Gasteiger partial charge in [-0.3, -0.25) is 4.79 Å². The van der Waals surface area contributed by atoms with Crippen molar-refractivity contribution in [3.63, 3.8) is 0 Å². The van der Waals surface area contributed by atoms with Crippen LogP contribution in [0.25, 0.3) is 0 Å². The normalized spacial score (nSPS) is 18.9. The Kier molecular flexibility index (Phi) is 6.81. The fourth-order valence-corrected chi connectivity index (χ4v) is 4.96. The lowest BCUT2D eigenvalue weighted by Gasteiger charge is -2.37. The molecule has 5 nitrogen and oxygen atoms in total. The first-order chi connectivity index (χ1) is 14.6. The van der Waals surface area contributed by atoms with Crippen molar-refractivity contribution in [2.75, 3.05) is 13.2 Å². The van der Waals surface area contributed by atoms with Gasteiger partial charge in [-0.2, -0.15) is 0 Å². The molecule has 1 aliphatic heterocycles. The summed E-state index contributed by atoms with van der Waals surface area (Å²) < 4.78 is 11.5. The lowest BCUT2D eigenvalue weighted by Crippen LogP contribution is -2.48. The second-order valence-electron chi connectivity index (χ2n) is 8.03. The zero-order valence-electron chi connectivity index (χ0n) is 16.8. The van der Waals surface area contributed by atoms with Gasteiger partial charge in [-0.05, 0) is 67.9 Å². The van der Waals surface area contributed by atoms with Gasteiger partial charge in [-0.25, -0.2) is 4.98 Å². The monoisotopic (exact) mass is 448 g/mol. The summed E-state index contributed by atoms with van der Waals surface area (Å²) >= 11 is 12.6. The number of halogens is 2. The van der Waals surface area contributed by atoms with Crippen LogP contribution in [0.1, 0.15) is 49.7 Å². The van der Waals surface area contributed by atoms with E-state index in [0.717, 1.165) is 24.0 Å². The molecule has 160 valence electrons. The van der Waals surface area contributed by atoms with Crippen molar-refractivity contribution in [3.8, 4) is 5.88 Å². The molecule has 1 aliphatic carbocycles. The molecule has 0 atom stereocenters. The van der Waals surface area contributed by atoms with E-state index in [-0.39, 0.29) is 12.0 Å². The number of pyridine rings is 1. The van der Waals surface area contributed by atoms with E-state index in [0.29, 0.717) is 48.5 Å². The van der Waals surface area contributed by atoms with E-state index in [1.807, 2.05) is 18.2 Å². The number of aromatic nitrogens is 1. The second-order valence-corrected chi connectivity index (χ2v) is 8.87. The highest BCUT2D eigenvalue weighted by molar-refractivity contribution is 6.35. The third-order valence-electron chi connectivity index (χ3n) is 6.07. The number of carbonyl (C=O) groups is 1. The average Bonchev–Trinajstić information content (AvgIpc) is 3.26. The minimum atomic E-state index is -0.726. The van der Waals surface area contributed by atoms with Crippen LogP contribution in [0.15, 0.2) is 36.5 Å². The van der Waals surface area contributed by atoms with Gasteiger partial charge in [-0.1, -0.05) is 29.3 Å². The van der Waals surface area contributed by atoms with Gasteiger partial charge in [0, 0.05) is 42.1 Å². The van der Waals surface area contributed by atoms with E-state index in [4.69, 9.17) is 32.7 Å². The lowest BCUT2D eigenvalue weighted by molar-refractivity contribution is -0.130. The van der Waals surface area contributed by atoms with Gasteiger partial charge in [0.25, 0.3) is 0 Å². The van der Waals surface area contributed by atoms with E-state index in [9.17, 15) is 4.79 Å². The fourth-order valence-electron chi connectivity index (χ4n) is 4.37. The minimum Gasteiger partial charge on any atom is -0.474 e. The average molecular weight is 449 g/mol. The van der Waals surface area contributed by atoms with Gasteiger partial charge in [0.1, 0.15) is 6.10 Å². The van der Waals surface area contributed by atoms with Crippen LogP contribution in [0.4, 0.5) is 0 Å². The standard InChI is InChI=1S/C23H26Cl2N2O3/c24-17-5-6-19(20(25)14-17)23(8-11-29-12-9-23)22(28)27-15-16-7-10-26-21(13-16)30-18-3-1-2-4-18/h5-7,10,13-14,18H,1-4,8-9,11-12,15H2,(H,27,28). The number of benzene rings is 1. The summed E-state index contributed by atoms with van der Waals surface area (Å²) in [5.74, 6) is 0.570. The molecule has 1 saturated heterocycles. The predicted octanol–water partition coefficient (Wildman–Crippen LogP) is 5.07. The van der Waals surface area contributed by atoms with Crippen molar-refractivity contribution in [3.05, 3.63) is 57.7 Å². The molecule has 2 fully saturated rings. The molecule has 1 saturated carbocycles. The van der Waals surface area contributed by atoms with Crippen LogP contribution in [0, 0.1) is 0 Å². The highest BCUT2D eigenvalue weighted by Gasteiger charge is 2.43. The Bertz CT molecular complexity index is 894. The van der Waals surface area contributed by atoms with Crippen LogP contribution >= 0.6 is 23.2 Å².